The molecule has 1 saturated heterocycles. The summed E-state index contributed by atoms with van der Waals surface area (Å²) in [5.41, 5.74) is 0.486. The Kier molecular flexibility index (Phi) is 2.95. The van der Waals surface area contributed by atoms with Crippen molar-refractivity contribution < 1.29 is 14.3 Å². The highest BCUT2D eigenvalue weighted by atomic mass is 35.5. The second-order valence-corrected chi connectivity index (χ2v) is 6.88. The fourth-order valence-electron chi connectivity index (χ4n) is 4.17. The lowest BCUT2D eigenvalue weighted by Crippen LogP contribution is -2.35. The van der Waals surface area contributed by atoms with Crippen LogP contribution in [0.3, 0.4) is 0 Å². The van der Waals surface area contributed by atoms with Crippen LogP contribution in [0.2, 0.25) is 10.0 Å². The van der Waals surface area contributed by atoms with Crippen molar-refractivity contribution in [3.8, 4) is 0 Å². The zero-order valence-corrected chi connectivity index (χ0v) is 12.5. The zero-order valence-electron chi connectivity index (χ0n) is 11.0. The summed E-state index contributed by atoms with van der Waals surface area (Å²) >= 11 is 12.0. The molecule has 2 bridgehead atoms. The molecular weight excluding hydrogens is 313 g/mol. The van der Waals surface area contributed by atoms with Crippen molar-refractivity contribution >= 4 is 40.8 Å². The summed E-state index contributed by atoms with van der Waals surface area (Å²) in [6.45, 7) is 0. The van der Waals surface area contributed by atoms with Crippen molar-refractivity contribution in [2.24, 2.45) is 23.7 Å². The van der Waals surface area contributed by atoms with Gasteiger partial charge in [0.25, 0.3) is 0 Å². The van der Waals surface area contributed by atoms with Crippen LogP contribution >= 0.6 is 23.2 Å². The van der Waals surface area contributed by atoms with Crippen molar-refractivity contribution in [1.29, 1.82) is 0 Å². The topological polar surface area (TPSA) is 55.4 Å². The quantitative estimate of drug-likeness (QED) is 0.850. The second-order valence-electron chi connectivity index (χ2n) is 6.04. The minimum absolute atomic E-state index is 0.0336. The molecule has 0 aromatic heterocycles. The van der Waals surface area contributed by atoms with E-state index >= 15 is 0 Å². The fourth-order valence-corrected chi connectivity index (χ4v) is 4.51. The van der Waals surface area contributed by atoms with Gasteiger partial charge in [0.1, 0.15) is 6.10 Å². The van der Waals surface area contributed by atoms with Crippen LogP contribution in [-0.2, 0) is 14.3 Å². The molecule has 6 heteroatoms. The Bertz CT molecular complexity index is 646. The highest BCUT2D eigenvalue weighted by Crippen LogP contribution is 2.57. The molecule has 2 saturated carbocycles. The molecule has 0 unspecified atom stereocenters. The lowest BCUT2D eigenvalue weighted by atomic mass is 9.79. The molecule has 21 heavy (non-hydrogen) atoms. The number of anilines is 1. The van der Waals surface area contributed by atoms with Crippen molar-refractivity contribution in [2.45, 2.75) is 18.9 Å². The number of esters is 1. The van der Waals surface area contributed by atoms with Gasteiger partial charge < -0.3 is 10.1 Å². The minimum atomic E-state index is -0.309. The molecule has 1 amide bonds. The van der Waals surface area contributed by atoms with Gasteiger partial charge in [-0.2, -0.15) is 0 Å². The number of fused-ring (bicyclic) bond motifs is 1. The Morgan fingerprint density at radius 1 is 1.29 bits per heavy atom. The van der Waals surface area contributed by atoms with E-state index in [-0.39, 0.29) is 41.7 Å². The SMILES string of the molecule is O=C(Nc1cc(Cl)ccc1Cl)[C@H]1[C@@H]2C[C@H]3[C@@H]1C(=O)O[C@@H]3C2. The normalized spacial score (nSPS) is 35.9. The van der Waals surface area contributed by atoms with E-state index in [1.165, 1.54) is 0 Å². The molecule has 1 aromatic rings. The monoisotopic (exact) mass is 325 g/mol. The summed E-state index contributed by atoms with van der Waals surface area (Å²) in [5.74, 6) is -0.526. The first kappa shape index (κ1) is 13.4. The van der Waals surface area contributed by atoms with Gasteiger partial charge in [0.2, 0.25) is 5.91 Å². The smallest absolute Gasteiger partial charge is 0.310 e. The predicted octanol–water partition coefficient (Wildman–Crippen LogP) is 3.13. The standard InChI is InChI=1S/C15H13Cl2NO3/c16-7-1-2-9(17)10(5-7)18-14(19)12-6-3-8-11(4-6)21-15(20)13(8)12/h1-2,5-6,8,11-13H,3-4H2,(H,18,19)/t6-,8-,11-,12+,13+/m1/s1. The van der Waals surface area contributed by atoms with Gasteiger partial charge in [-0.15, -0.1) is 0 Å². The first-order chi connectivity index (χ1) is 10.0. The van der Waals surface area contributed by atoms with Gasteiger partial charge in [-0.25, -0.2) is 0 Å². The molecule has 1 aliphatic heterocycles. The maximum Gasteiger partial charge on any atom is 0.310 e. The minimum Gasteiger partial charge on any atom is -0.462 e. The average Bonchev–Trinajstić information content (AvgIpc) is 3.03. The van der Waals surface area contributed by atoms with Crippen LogP contribution in [0.5, 0.6) is 0 Å². The number of halogens is 2. The van der Waals surface area contributed by atoms with Crippen LogP contribution in [0.25, 0.3) is 0 Å². The summed E-state index contributed by atoms with van der Waals surface area (Å²) in [7, 11) is 0. The Morgan fingerprint density at radius 2 is 2.10 bits per heavy atom. The van der Waals surface area contributed by atoms with Crippen LogP contribution < -0.4 is 5.32 Å². The highest BCUT2D eigenvalue weighted by Gasteiger charge is 2.63. The van der Waals surface area contributed by atoms with E-state index in [4.69, 9.17) is 27.9 Å². The first-order valence-electron chi connectivity index (χ1n) is 7.01. The van der Waals surface area contributed by atoms with Gasteiger partial charge in [-0.3, -0.25) is 9.59 Å². The number of ether oxygens (including phenoxy) is 1. The number of hydrogen-bond acceptors (Lipinski definition) is 3. The Labute approximate surface area is 131 Å². The van der Waals surface area contributed by atoms with E-state index in [0.29, 0.717) is 15.7 Å². The third-order valence-corrected chi connectivity index (χ3v) is 5.54. The van der Waals surface area contributed by atoms with Crippen LogP contribution in [0.15, 0.2) is 18.2 Å². The number of nitrogens with one attached hydrogen (secondary N) is 1. The lowest BCUT2D eigenvalue weighted by Gasteiger charge is -2.23. The lowest BCUT2D eigenvalue weighted by molar-refractivity contribution is -0.145. The number of hydrogen-bond donors (Lipinski definition) is 1. The molecule has 2 aliphatic carbocycles. The largest absolute Gasteiger partial charge is 0.462 e. The second kappa shape index (κ2) is 4.62. The Morgan fingerprint density at radius 3 is 2.90 bits per heavy atom. The molecule has 110 valence electrons. The zero-order chi connectivity index (χ0) is 14.7. The van der Waals surface area contributed by atoms with Crippen molar-refractivity contribution in [3.05, 3.63) is 28.2 Å². The van der Waals surface area contributed by atoms with E-state index < -0.39 is 0 Å². The number of amides is 1. The fraction of sp³-hybridized carbons (Fsp3) is 0.467. The maximum atomic E-state index is 12.6. The molecule has 3 fully saturated rings. The van der Waals surface area contributed by atoms with E-state index in [2.05, 4.69) is 5.32 Å². The number of carbonyl (C=O) groups is 2. The van der Waals surface area contributed by atoms with Gasteiger partial charge in [0, 0.05) is 10.9 Å². The van der Waals surface area contributed by atoms with E-state index in [1.807, 2.05) is 0 Å². The molecule has 1 aromatic carbocycles. The maximum absolute atomic E-state index is 12.6. The van der Waals surface area contributed by atoms with Crippen molar-refractivity contribution in [3.63, 3.8) is 0 Å². The molecule has 1 heterocycles. The van der Waals surface area contributed by atoms with Crippen LogP contribution in [-0.4, -0.2) is 18.0 Å². The molecule has 4 rings (SSSR count). The molecule has 4 nitrogen and oxygen atoms in total. The van der Waals surface area contributed by atoms with Crippen LogP contribution in [0.1, 0.15) is 12.8 Å². The molecule has 0 radical (unpaired) electrons. The molecular formula is C15H13Cl2NO3. The van der Waals surface area contributed by atoms with Crippen molar-refractivity contribution in [1.82, 2.24) is 0 Å². The van der Waals surface area contributed by atoms with Crippen LogP contribution in [0, 0.1) is 23.7 Å². The first-order valence-corrected chi connectivity index (χ1v) is 7.76. The van der Waals surface area contributed by atoms with Gasteiger partial charge in [0.15, 0.2) is 0 Å². The summed E-state index contributed by atoms with van der Waals surface area (Å²) in [6, 6.07) is 4.92. The van der Waals surface area contributed by atoms with E-state index in [0.717, 1.165) is 12.8 Å². The molecule has 1 N–H and O–H groups in total. The average molecular weight is 326 g/mol. The van der Waals surface area contributed by atoms with Gasteiger partial charge in [-0.05, 0) is 37.0 Å². The number of benzene rings is 1. The summed E-state index contributed by atoms with van der Waals surface area (Å²) < 4.78 is 5.35. The third kappa shape index (κ3) is 1.96. The van der Waals surface area contributed by atoms with Gasteiger partial charge in [0.05, 0.1) is 22.5 Å². The molecule has 5 atom stereocenters. The number of carbonyl (C=O) groups excluding carboxylic acids is 2. The van der Waals surface area contributed by atoms with Crippen LogP contribution in [0.4, 0.5) is 5.69 Å². The third-order valence-electron chi connectivity index (χ3n) is 4.97. The van der Waals surface area contributed by atoms with E-state index in [1.54, 1.807) is 18.2 Å². The Hall–Kier alpha value is -1.26. The van der Waals surface area contributed by atoms with Crippen molar-refractivity contribution in [2.75, 3.05) is 5.32 Å². The summed E-state index contributed by atoms with van der Waals surface area (Å²) in [4.78, 5) is 24.5. The molecule has 3 aliphatic rings. The predicted molar refractivity (Wildman–Crippen MR) is 78.2 cm³/mol. The highest BCUT2D eigenvalue weighted by molar-refractivity contribution is 6.35. The number of rotatable bonds is 2. The Balaban J connectivity index is 1.58. The van der Waals surface area contributed by atoms with E-state index in [9.17, 15) is 9.59 Å². The molecule has 0 spiro atoms. The summed E-state index contributed by atoms with van der Waals surface area (Å²) in [5, 5.41) is 3.75. The van der Waals surface area contributed by atoms with Gasteiger partial charge in [-0.1, -0.05) is 23.2 Å². The summed E-state index contributed by atoms with van der Waals surface area (Å²) in [6.07, 6.45) is 1.74. The van der Waals surface area contributed by atoms with Gasteiger partial charge >= 0.3 is 5.97 Å².